The molecule has 0 atom stereocenters. The summed E-state index contributed by atoms with van der Waals surface area (Å²) in [4.78, 5) is 17.3. The number of hydrogen-bond donors (Lipinski definition) is 1. The maximum Gasteiger partial charge on any atom is 0.293 e. The first-order chi connectivity index (χ1) is 15.2. The molecule has 2 aromatic heterocycles. The fourth-order valence-electron chi connectivity index (χ4n) is 2.95. The zero-order valence-electron chi connectivity index (χ0n) is 17.0. The van der Waals surface area contributed by atoms with Crippen molar-refractivity contribution >= 4 is 22.4 Å². The van der Waals surface area contributed by atoms with E-state index in [1.54, 1.807) is 20.3 Å². The SMILES string of the molecule is COc1ccc(OC)c(-c2csc(NC(=O)c3occc3COc3ccccc3)n2)c1. The van der Waals surface area contributed by atoms with E-state index in [2.05, 4.69) is 10.3 Å². The Labute approximate surface area is 183 Å². The smallest absolute Gasteiger partial charge is 0.293 e. The first kappa shape index (κ1) is 20.5. The van der Waals surface area contributed by atoms with Crippen molar-refractivity contribution in [3.63, 3.8) is 0 Å². The van der Waals surface area contributed by atoms with Gasteiger partial charge in [0.1, 0.15) is 23.9 Å². The molecule has 7 nitrogen and oxygen atoms in total. The highest BCUT2D eigenvalue weighted by atomic mass is 32.1. The predicted octanol–water partition coefficient (Wildman–Crippen LogP) is 5.25. The molecule has 8 heteroatoms. The number of carbonyl (C=O) groups is 1. The summed E-state index contributed by atoms with van der Waals surface area (Å²) < 4.78 is 21.8. The van der Waals surface area contributed by atoms with Crippen molar-refractivity contribution in [3.05, 3.63) is 77.6 Å². The molecule has 0 saturated carbocycles. The minimum Gasteiger partial charge on any atom is -0.497 e. The van der Waals surface area contributed by atoms with Crippen molar-refractivity contribution in [1.82, 2.24) is 4.98 Å². The van der Waals surface area contributed by atoms with Crippen LogP contribution in [-0.2, 0) is 6.61 Å². The quantitative estimate of drug-likeness (QED) is 0.406. The summed E-state index contributed by atoms with van der Waals surface area (Å²) in [5, 5.41) is 5.07. The molecule has 0 aliphatic rings. The molecule has 4 aromatic rings. The van der Waals surface area contributed by atoms with Crippen LogP contribution in [0.1, 0.15) is 16.1 Å². The Bertz CT molecular complexity index is 1170. The molecular formula is C23H20N2O5S. The predicted molar refractivity (Wildman–Crippen MR) is 118 cm³/mol. The van der Waals surface area contributed by atoms with E-state index in [1.165, 1.54) is 17.6 Å². The molecule has 0 bridgehead atoms. The zero-order chi connectivity index (χ0) is 21.6. The number of carbonyl (C=O) groups excluding carboxylic acids is 1. The third kappa shape index (κ3) is 4.70. The van der Waals surface area contributed by atoms with E-state index in [-0.39, 0.29) is 12.4 Å². The van der Waals surface area contributed by atoms with Crippen LogP contribution < -0.4 is 19.5 Å². The van der Waals surface area contributed by atoms with Crippen LogP contribution >= 0.6 is 11.3 Å². The van der Waals surface area contributed by atoms with E-state index >= 15 is 0 Å². The van der Waals surface area contributed by atoms with Crippen LogP contribution in [0.2, 0.25) is 0 Å². The number of methoxy groups -OCH3 is 2. The van der Waals surface area contributed by atoms with Gasteiger partial charge < -0.3 is 18.6 Å². The molecular weight excluding hydrogens is 416 g/mol. The Kier molecular flexibility index (Phi) is 6.18. The molecule has 2 aromatic carbocycles. The summed E-state index contributed by atoms with van der Waals surface area (Å²) in [6.45, 7) is 0.216. The van der Waals surface area contributed by atoms with E-state index in [1.807, 2.05) is 53.9 Å². The third-order valence-electron chi connectivity index (χ3n) is 4.50. The van der Waals surface area contributed by atoms with Gasteiger partial charge in [-0.1, -0.05) is 18.2 Å². The molecule has 2 heterocycles. The second-order valence-corrected chi connectivity index (χ2v) is 7.29. The minimum atomic E-state index is -0.393. The lowest BCUT2D eigenvalue weighted by molar-refractivity contribution is 0.0993. The lowest BCUT2D eigenvalue weighted by Crippen LogP contribution is -2.13. The van der Waals surface area contributed by atoms with E-state index in [0.29, 0.717) is 33.6 Å². The molecule has 158 valence electrons. The number of furan rings is 1. The first-order valence-corrected chi connectivity index (χ1v) is 10.3. The number of benzene rings is 2. The topological polar surface area (TPSA) is 82.8 Å². The third-order valence-corrected chi connectivity index (χ3v) is 5.26. The van der Waals surface area contributed by atoms with Crippen molar-refractivity contribution in [2.45, 2.75) is 6.61 Å². The van der Waals surface area contributed by atoms with Crippen LogP contribution in [0.4, 0.5) is 5.13 Å². The summed E-state index contributed by atoms with van der Waals surface area (Å²) in [6, 6.07) is 16.6. The zero-order valence-corrected chi connectivity index (χ0v) is 17.8. The molecule has 31 heavy (non-hydrogen) atoms. The van der Waals surface area contributed by atoms with Gasteiger partial charge in [0.15, 0.2) is 10.9 Å². The van der Waals surface area contributed by atoms with E-state index in [0.717, 1.165) is 5.56 Å². The first-order valence-electron chi connectivity index (χ1n) is 9.41. The Balaban J connectivity index is 1.48. The summed E-state index contributed by atoms with van der Waals surface area (Å²) in [5.41, 5.74) is 2.09. The van der Waals surface area contributed by atoms with Crippen LogP contribution in [0.5, 0.6) is 17.2 Å². The summed E-state index contributed by atoms with van der Waals surface area (Å²) in [6.07, 6.45) is 1.47. The molecule has 1 amide bonds. The van der Waals surface area contributed by atoms with E-state index < -0.39 is 5.91 Å². The van der Waals surface area contributed by atoms with Gasteiger partial charge in [-0.25, -0.2) is 4.98 Å². The van der Waals surface area contributed by atoms with Crippen molar-refractivity contribution in [3.8, 4) is 28.5 Å². The van der Waals surface area contributed by atoms with E-state index in [4.69, 9.17) is 18.6 Å². The number of nitrogens with one attached hydrogen (secondary N) is 1. The molecule has 0 aliphatic carbocycles. The number of nitrogens with zero attached hydrogens (tertiary/aromatic N) is 1. The Morgan fingerprint density at radius 1 is 1.06 bits per heavy atom. The summed E-state index contributed by atoms with van der Waals surface area (Å²) >= 11 is 1.31. The molecule has 0 radical (unpaired) electrons. The molecule has 0 spiro atoms. The van der Waals surface area contributed by atoms with Crippen LogP contribution in [0, 0.1) is 0 Å². The largest absolute Gasteiger partial charge is 0.497 e. The van der Waals surface area contributed by atoms with Gasteiger partial charge in [0, 0.05) is 16.5 Å². The highest BCUT2D eigenvalue weighted by molar-refractivity contribution is 7.14. The van der Waals surface area contributed by atoms with Gasteiger partial charge in [-0.2, -0.15) is 0 Å². The second kappa shape index (κ2) is 9.36. The molecule has 4 rings (SSSR count). The Hall–Kier alpha value is -3.78. The molecule has 0 unspecified atom stereocenters. The Morgan fingerprint density at radius 2 is 1.90 bits per heavy atom. The van der Waals surface area contributed by atoms with Gasteiger partial charge in [-0.05, 0) is 36.4 Å². The lowest BCUT2D eigenvalue weighted by atomic mass is 10.1. The van der Waals surface area contributed by atoms with Gasteiger partial charge in [0.2, 0.25) is 0 Å². The number of rotatable bonds is 8. The number of ether oxygens (including phenoxy) is 3. The maximum absolute atomic E-state index is 12.7. The summed E-state index contributed by atoms with van der Waals surface area (Å²) in [5.74, 6) is 1.86. The van der Waals surface area contributed by atoms with Crippen molar-refractivity contribution in [2.75, 3.05) is 19.5 Å². The fraction of sp³-hybridized carbons (Fsp3) is 0.130. The van der Waals surface area contributed by atoms with Crippen LogP contribution in [0.15, 0.2) is 70.7 Å². The highest BCUT2D eigenvalue weighted by Gasteiger charge is 2.18. The standard InChI is InChI=1S/C23H20N2O5S/c1-27-17-8-9-20(28-2)18(12-17)19-14-31-23(24-19)25-22(26)21-15(10-11-29-21)13-30-16-6-4-3-5-7-16/h3-12,14H,13H2,1-2H3,(H,24,25,26). The summed E-state index contributed by atoms with van der Waals surface area (Å²) in [7, 11) is 3.19. The average Bonchev–Trinajstić information content (AvgIpc) is 3.47. The van der Waals surface area contributed by atoms with Crippen molar-refractivity contribution in [1.29, 1.82) is 0 Å². The van der Waals surface area contributed by atoms with Crippen molar-refractivity contribution in [2.24, 2.45) is 0 Å². The van der Waals surface area contributed by atoms with Crippen molar-refractivity contribution < 1.29 is 23.4 Å². The van der Waals surface area contributed by atoms with Crippen LogP contribution in [-0.4, -0.2) is 25.1 Å². The molecule has 1 N–H and O–H groups in total. The van der Waals surface area contributed by atoms with E-state index in [9.17, 15) is 4.79 Å². The van der Waals surface area contributed by atoms with Crippen LogP contribution in [0.25, 0.3) is 11.3 Å². The minimum absolute atomic E-state index is 0.187. The number of para-hydroxylation sites is 1. The molecule has 0 aliphatic heterocycles. The van der Waals surface area contributed by atoms with Gasteiger partial charge in [0.05, 0.1) is 26.2 Å². The van der Waals surface area contributed by atoms with Gasteiger partial charge in [-0.15, -0.1) is 11.3 Å². The van der Waals surface area contributed by atoms with Crippen LogP contribution in [0.3, 0.4) is 0 Å². The lowest BCUT2D eigenvalue weighted by Gasteiger charge is -2.08. The number of amides is 1. The van der Waals surface area contributed by atoms with Gasteiger partial charge >= 0.3 is 0 Å². The second-order valence-electron chi connectivity index (χ2n) is 6.43. The number of thiazole rings is 1. The monoisotopic (exact) mass is 436 g/mol. The normalized spacial score (nSPS) is 10.5. The molecule has 0 fully saturated rings. The Morgan fingerprint density at radius 3 is 2.68 bits per heavy atom. The number of hydrogen-bond acceptors (Lipinski definition) is 7. The molecule has 0 saturated heterocycles. The average molecular weight is 436 g/mol. The fourth-order valence-corrected chi connectivity index (χ4v) is 3.65. The number of aromatic nitrogens is 1. The van der Waals surface area contributed by atoms with Gasteiger partial charge in [0.25, 0.3) is 5.91 Å². The number of anilines is 1. The van der Waals surface area contributed by atoms with Gasteiger partial charge in [-0.3, -0.25) is 10.1 Å². The maximum atomic E-state index is 12.7. The highest BCUT2D eigenvalue weighted by Crippen LogP contribution is 2.35.